The molecule has 0 aromatic carbocycles. The molecule has 98 valence electrons. The Bertz CT molecular complexity index is 228. The van der Waals surface area contributed by atoms with E-state index in [0.29, 0.717) is 5.88 Å². The van der Waals surface area contributed by atoms with Crippen molar-refractivity contribution >= 4 is 11.6 Å². The lowest BCUT2D eigenvalue weighted by Crippen LogP contribution is -2.38. The molecule has 3 heteroatoms. The smallest absolute Gasteiger partial charge is 0.0404 e. The van der Waals surface area contributed by atoms with Gasteiger partial charge in [-0.2, -0.15) is 0 Å². The molecule has 2 heterocycles. The molecule has 2 rings (SSSR count). The Morgan fingerprint density at radius 3 is 2.29 bits per heavy atom. The first-order valence-corrected chi connectivity index (χ1v) is 7.57. The number of likely N-dealkylation sites (tertiary alicyclic amines) is 2. The van der Waals surface area contributed by atoms with E-state index in [-0.39, 0.29) is 0 Å². The lowest BCUT2D eigenvalue weighted by atomic mass is 9.96. The molecule has 2 nitrogen and oxygen atoms in total. The standard InChI is InChI=1S/C14H25ClN2/c15-7-1-2-8-16-11-5-14(6-12-16)13-17-9-3-4-10-17/h1-2,14H,3-13H2. The Hall–Kier alpha value is -0.0500. The number of nitrogens with zero attached hydrogens (tertiary/aromatic N) is 2. The number of halogens is 1. The van der Waals surface area contributed by atoms with Gasteiger partial charge in [-0.25, -0.2) is 0 Å². The Balaban J connectivity index is 1.61. The highest BCUT2D eigenvalue weighted by molar-refractivity contribution is 6.18. The van der Waals surface area contributed by atoms with Gasteiger partial charge in [0.25, 0.3) is 0 Å². The zero-order valence-corrected chi connectivity index (χ0v) is 11.5. The van der Waals surface area contributed by atoms with E-state index in [4.69, 9.17) is 11.6 Å². The van der Waals surface area contributed by atoms with Crippen LogP contribution in [0.3, 0.4) is 0 Å². The Kier molecular flexibility index (Phi) is 5.82. The van der Waals surface area contributed by atoms with Crippen molar-refractivity contribution in [2.45, 2.75) is 25.7 Å². The van der Waals surface area contributed by atoms with Crippen molar-refractivity contribution in [3.63, 3.8) is 0 Å². The van der Waals surface area contributed by atoms with Crippen LogP contribution in [-0.2, 0) is 0 Å². The van der Waals surface area contributed by atoms with Crippen molar-refractivity contribution in [1.82, 2.24) is 9.80 Å². The first kappa shape index (κ1) is 13.4. The molecule has 0 amide bonds. The fourth-order valence-corrected chi connectivity index (χ4v) is 3.09. The van der Waals surface area contributed by atoms with E-state index in [9.17, 15) is 0 Å². The van der Waals surface area contributed by atoms with Crippen LogP contribution >= 0.6 is 11.6 Å². The topological polar surface area (TPSA) is 6.48 Å². The summed E-state index contributed by atoms with van der Waals surface area (Å²) in [4.78, 5) is 5.21. The molecule has 2 aliphatic heterocycles. The SMILES string of the molecule is ClCC=CCN1CCC(CN2CCCC2)CC1. The van der Waals surface area contributed by atoms with Crippen LogP contribution in [0.5, 0.6) is 0 Å². The van der Waals surface area contributed by atoms with Crippen molar-refractivity contribution < 1.29 is 0 Å². The van der Waals surface area contributed by atoms with E-state index in [1.807, 2.05) is 0 Å². The summed E-state index contributed by atoms with van der Waals surface area (Å²) in [5.41, 5.74) is 0. The van der Waals surface area contributed by atoms with Gasteiger partial charge < -0.3 is 4.90 Å². The first-order valence-electron chi connectivity index (χ1n) is 7.04. The van der Waals surface area contributed by atoms with Gasteiger partial charge in [-0.1, -0.05) is 12.2 Å². The van der Waals surface area contributed by atoms with Crippen LogP contribution in [0.4, 0.5) is 0 Å². The minimum absolute atomic E-state index is 0.644. The maximum atomic E-state index is 5.63. The number of rotatable bonds is 5. The second-order valence-electron chi connectivity index (χ2n) is 5.38. The van der Waals surface area contributed by atoms with Crippen LogP contribution in [0.15, 0.2) is 12.2 Å². The van der Waals surface area contributed by atoms with Crippen LogP contribution < -0.4 is 0 Å². The number of hydrogen-bond acceptors (Lipinski definition) is 2. The zero-order valence-electron chi connectivity index (χ0n) is 10.8. The minimum atomic E-state index is 0.644. The quantitative estimate of drug-likeness (QED) is 0.551. The highest BCUT2D eigenvalue weighted by atomic mass is 35.5. The normalized spacial score (nSPS) is 25.0. The molecule has 0 atom stereocenters. The predicted molar refractivity (Wildman–Crippen MR) is 74.7 cm³/mol. The fraction of sp³-hybridized carbons (Fsp3) is 0.857. The first-order chi connectivity index (χ1) is 8.38. The van der Waals surface area contributed by atoms with Gasteiger partial charge in [-0.15, -0.1) is 11.6 Å². The fourth-order valence-electron chi connectivity index (χ4n) is 2.97. The molecule has 0 aromatic heterocycles. The van der Waals surface area contributed by atoms with Crippen LogP contribution in [-0.4, -0.2) is 54.9 Å². The maximum Gasteiger partial charge on any atom is 0.0404 e. The average Bonchev–Trinajstić information content (AvgIpc) is 2.85. The Morgan fingerprint density at radius 2 is 1.65 bits per heavy atom. The van der Waals surface area contributed by atoms with E-state index >= 15 is 0 Å². The van der Waals surface area contributed by atoms with E-state index in [0.717, 1.165) is 12.5 Å². The van der Waals surface area contributed by atoms with E-state index < -0.39 is 0 Å². The third-order valence-electron chi connectivity index (χ3n) is 4.04. The number of piperidine rings is 1. The van der Waals surface area contributed by atoms with E-state index in [1.54, 1.807) is 0 Å². The summed E-state index contributed by atoms with van der Waals surface area (Å²) in [6, 6.07) is 0. The second kappa shape index (κ2) is 7.40. The van der Waals surface area contributed by atoms with Crippen molar-refractivity contribution in [2.75, 3.05) is 45.1 Å². The summed E-state index contributed by atoms with van der Waals surface area (Å²) in [6.07, 6.45) is 9.85. The molecule has 0 radical (unpaired) electrons. The summed E-state index contributed by atoms with van der Waals surface area (Å²) < 4.78 is 0. The molecule has 0 N–H and O–H groups in total. The van der Waals surface area contributed by atoms with Gasteiger partial charge in [0.1, 0.15) is 0 Å². The maximum absolute atomic E-state index is 5.63. The molecular weight excluding hydrogens is 232 g/mol. The monoisotopic (exact) mass is 256 g/mol. The molecule has 17 heavy (non-hydrogen) atoms. The molecule has 0 aromatic rings. The summed E-state index contributed by atoms with van der Waals surface area (Å²) >= 11 is 5.63. The molecule has 0 unspecified atom stereocenters. The van der Waals surface area contributed by atoms with Crippen LogP contribution in [0.25, 0.3) is 0 Å². The molecular formula is C14H25ClN2. The lowest BCUT2D eigenvalue weighted by Gasteiger charge is -2.33. The van der Waals surface area contributed by atoms with Crippen molar-refractivity contribution in [1.29, 1.82) is 0 Å². The Morgan fingerprint density at radius 1 is 0.941 bits per heavy atom. The van der Waals surface area contributed by atoms with Crippen LogP contribution in [0.2, 0.25) is 0 Å². The molecule has 0 saturated carbocycles. The molecule has 0 aliphatic carbocycles. The molecule has 2 fully saturated rings. The number of alkyl halides is 1. The van der Waals surface area contributed by atoms with Gasteiger partial charge in [-0.3, -0.25) is 4.90 Å². The van der Waals surface area contributed by atoms with Crippen molar-refractivity contribution in [2.24, 2.45) is 5.92 Å². The van der Waals surface area contributed by atoms with Gasteiger partial charge in [-0.05, 0) is 57.8 Å². The van der Waals surface area contributed by atoms with Gasteiger partial charge >= 0.3 is 0 Å². The Labute approximate surface area is 111 Å². The number of allylic oxidation sites excluding steroid dienone is 1. The van der Waals surface area contributed by atoms with Crippen LogP contribution in [0, 0.1) is 5.92 Å². The van der Waals surface area contributed by atoms with Gasteiger partial charge in [0.2, 0.25) is 0 Å². The van der Waals surface area contributed by atoms with Crippen LogP contribution in [0.1, 0.15) is 25.7 Å². The highest BCUT2D eigenvalue weighted by Gasteiger charge is 2.21. The second-order valence-corrected chi connectivity index (χ2v) is 5.69. The average molecular weight is 257 g/mol. The third kappa shape index (κ3) is 4.61. The molecule has 0 spiro atoms. The summed E-state index contributed by atoms with van der Waals surface area (Å²) in [5.74, 6) is 1.59. The van der Waals surface area contributed by atoms with Gasteiger partial charge in [0.15, 0.2) is 0 Å². The van der Waals surface area contributed by atoms with Gasteiger partial charge in [0, 0.05) is 19.0 Å². The molecule has 2 saturated heterocycles. The van der Waals surface area contributed by atoms with E-state index in [2.05, 4.69) is 22.0 Å². The van der Waals surface area contributed by atoms with E-state index in [1.165, 1.54) is 58.4 Å². The third-order valence-corrected chi connectivity index (χ3v) is 4.22. The minimum Gasteiger partial charge on any atom is -0.303 e. The zero-order chi connectivity index (χ0) is 11.9. The number of hydrogen-bond donors (Lipinski definition) is 0. The largest absolute Gasteiger partial charge is 0.303 e. The summed E-state index contributed by atoms with van der Waals surface area (Å²) in [6.45, 7) is 7.67. The highest BCUT2D eigenvalue weighted by Crippen LogP contribution is 2.20. The summed E-state index contributed by atoms with van der Waals surface area (Å²) in [5, 5.41) is 0. The lowest BCUT2D eigenvalue weighted by molar-refractivity contribution is 0.164. The predicted octanol–water partition coefficient (Wildman–Crippen LogP) is 2.59. The molecule has 2 aliphatic rings. The van der Waals surface area contributed by atoms with Gasteiger partial charge in [0.05, 0.1) is 0 Å². The molecule has 0 bridgehead atoms. The van der Waals surface area contributed by atoms with Crippen molar-refractivity contribution in [3.05, 3.63) is 12.2 Å². The summed E-state index contributed by atoms with van der Waals surface area (Å²) in [7, 11) is 0. The van der Waals surface area contributed by atoms with Crippen molar-refractivity contribution in [3.8, 4) is 0 Å².